The third-order valence-corrected chi connectivity index (χ3v) is 9.17. The van der Waals surface area contributed by atoms with Gasteiger partial charge in [0.2, 0.25) is 10.0 Å². The van der Waals surface area contributed by atoms with Crippen LogP contribution in [0.3, 0.4) is 0 Å². The third-order valence-electron chi connectivity index (χ3n) is 6.74. The van der Waals surface area contributed by atoms with E-state index in [1.807, 2.05) is 0 Å². The number of aromatic nitrogens is 1. The molecule has 4 rings (SSSR count). The van der Waals surface area contributed by atoms with Crippen molar-refractivity contribution in [3.05, 3.63) is 46.7 Å². The molecule has 3 N–H and O–H groups in total. The highest BCUT2D eigenvalue weighted by Crippen LogP contribution is 2.44. The van der Waals surface area contributed by atoms with Gasteiger partial charge in [-0.1, -0.05) is 30.9 Å². The maximum absolute atomic E-state index is 14.8. The van der Waals surface area contributed by atoms with Crippen molar-refractivity contribution < 1.29 is 31.1 Å². The largest absolute Gasteiger partial charge is 0.432 e. The van der Waals surface area contributed by atoms with Gasteiger partial charge in [0.25, 0.3) is 5.91 Å². The molecule has 0 spiro atoms. The smallest absolute Gasteiger partial charge is 0.387 e. The minimum atomic E-state index is -3.74. The fraction of sp³-hybridized carbons (Fsp3) is 0.423. The van der Waals surface area contributed by atoms with Crippen molar-refractivity contribution in [2.75, 3.05) is 4.72 Å². The van der Waals surface area contributed by atoms with Gasteiger partial charge in [0.15, 0.2) is 11.6 Å². The molecule has 0 saturated heterocycles. The summed E-state index contributed by atoms with van der Waals surface area (Å²) in [7, 11) is -3.74. The Bertz CT molecular complexity index is 1490. The third kappa shape index (κ3) is 5.31. The van der Waals surface area contributed by atoms with Crippen LogP contribution < -0.4 is 15.2 Å². The molecule has 1 aliphatic rings. The second kappa shape index (κ2) is 10.3. The molecule has 0 atom stereocenters. The van der Waals surface area contributed by atoms with Crippen molar-refractivity contribution in [3.63, 3.8) is 0 Å². The molecule has 0 aliphatic heterocycles. The zero-order valence-corrected chi connectivity index (χ0v) is 22.7. The van der Waals surface area contributed by atoms with Gasteiger partial charge in [-0.25, -0.2) is 12.8 Å². The van der Waals surface area contributed by atoms with E-state index in [0.29, 0.717) is 16.8 Å². The number of hydrogen-bond acceptors (Lipinski definition) is 4. The van der Waals surface area contributed by atoms with Crippen LogP contribution in [-0.2, 0) is 10.0 Å². The fourth-order valence-corrected chi connectivity index (χ4v) is 5.82. The van der Waals surface area contributed by atoms with Crippen LogP contribution in [0.1, 0.15) is 69.3 Å². The first-order valence-corrected chi connectivity index (χ1v) is 14.0. The standard InChI is InChI=1S/C26H29ClF3N3O4S/c1-26(2,3)38(35,36)32-14-9-10-16(18(27)11-14)23-22(24(31)34)17-12-19(28)21(37-25(29)30)13-20(17)33(23)15-7-5-4-6-8-15/h9-13,15,25,32H,4-8H2,1-3H3,(H2,31,34). The van der Waals surface area contributed by atoms with Crippen LogP contribution in [0.25, 0.3) is 22.2 Å². The van der Waals surface area contributed by atoms with Crippen LogP contribution in [0.4, 0.5) is 18.9 Å². The zero-order valence-electron chi connectivity index (χ0n) is 21.2. The van der Waals surface area contributed by atoms with Crippen molar-refractivity contribution >= 4 is 44.1 Å². The molecule has 1 heterocycles. The molecule has 7 nitrogen and oxygen atoms in total. The van der Waals surface area contributed by atoms with E-state index in [-0.39, 0.29) is 27.7 Å². The maximum atomic E-state index is 14.8. The van der Waals surface area contributed by atoms with Crippen LogP contribution in [0, 0.1) is 5.82 Å². The molecule has 38 heavy (non-hydrogen) atoms. The van der Waals surface area contributed by atoms with Gasteiger partial charge in [-0.05, 0) is 57.9 Å². The van der Waals surface area contributed by atoms with Crippen LogP contribution in [0.15, 0.2) is 30.3 Å². The molecule has 1 aromatic heterocycles. The molecular formula is C26H29ClF3N3O4S. The zero-order chi connectivity index (χ0) is 28.0. The lowest BCUT2D eigenvalue weighted by molar-refractivity contribution is -0.0521. The molecule has 1 fully saturated rings. The van der Waals surface area contributed by atoms with Gasteiger partial charge in [0.05, 0.1) is 32.2 Å². The van der Waals surface area contributed by atoms with E-state index in [2.05, 4.69) is 9.46 Å². The number of amides is 1. The second-order valence-corrected chi connectivity index (χ2v) is 13.2. The molecule has 0 bridgehead atoms. The lowest BCUT2D eigenvalue weighted by atomic mass is 9.94. The van der Waals surface area contributed by atoms with Gasteiger partial charge in [0.1, 0.15) is 0 Å². The summed E-state index contributed by atoms with van der Waals surface area (Å²) < 4.78 is 73.6. The minimum Gasteiger partial charge on any atom is -0.432 e. The first-order valence-electron chi connectivity index (χ1n) is 12.2. The predicted molar refractivity (Wildman–Crippen MR) is 142 cm³/mol. The van der Waals surface area contributed by atoms with E-state index < -0.39 is 38.9 Å². The molecular weight excluding hydrogens is 543 g/mol. The van der Waals surface area contributed by atoms with E-state index in [0.717, 1.165) is 44.2 Å². The normalized spacial score (nSPS) is 15.3. The summed E-state index contributed by atoms with van der Waals surface area (Å²) in [6.45, 7) is 1.42. The highest BCUT2D eigenvalue weighted by Gasteiger charge is 2.31. The molecule has 12 heteroatoms. The predicted octanol–water partition coefficient (Wildman–Crippen LogP) is 6.85. The lowest BCUT2D eigenvalue weighted by Gasteiger charge is -2.27. The molecule has 2 aromatic carbocycles. The molecule has 206 valence electrons. The Balaban J connectivity index is 1.97. The number of carbonyl (C=O) groups is 1. The topological polar surface area (TPSA) is 103 Å². The number of nitrogens with zero attached hydrogens (tertiary/aromatic N) is 1. The number of benzene rings is 2. The van der Waals surface area contributed by atoms with E-state index in [1.54, 1.807) is 31.4 Å². The summed E-state index contributed by atoms with van der Waals surface area (Å²) in [5.41, 5.74) is 6.96. The number of hydrogen-bond donors (Lipinski definition) is 2. The SMILES string of the molecule is CC(C)(C)S(=O)(=O)Nc1ccc(-c2c(C(N)=O)c3cc(F)c(OC(F)F)cc3n2C2CCCCC2)c(Cl)c1. The summed E-state index contributed by atoms with van der Waals surface area (Å²) in [4.78, 5) is 12.8. The van der Waals surface area contributed by atoms with E-state index >= 15 is 0 Å². The summed E-state index contributed by atoms with van der Waals surface area (Å²) in [5, 5.41) is 0.261. The van der Waals surface area contributed by atoms with Crippen LogP contribution in [-0.4, -0.2) is 30.3 Å². The Labute approximate surface area is 224 Å². The number of rotatable bonds is 7. The number of nitrogens with one attached hydrogen (secondary N) is 1. The second-order valence-electron chi connectivity index (χ2n) is 10.3. The Hall–Kier alpha value is -2.92. The van der Waals surface area contributed by atoms with Crippen LogP contribution in [0.2, 0.25) is 5.02 Å². The molecule has 1 saturated carbocycles. The minimum absolute atomic E-state index is 0.0157. The summed E-state index contributed by atoms with van der Waals surface area (Å²) in [6, 6.07) is 6.45. The molecule has 0 unspecified atom stereocenters. The van der Waals surface area contributed by atoms with E-state index in [9.17, 15) is 26.4 Å². The Morgan fingerprint density at radius 2 is 1.82 bits per heavy atom. The van der Waals surface area contributed by atoms with E-state index in [1.165, 1.54) is 12.1 Å². The number of ether oxygens (including phenoxy) is 1. The fourth-order valence-electron chi connectivity index (χ4n) is 4.81. The molecule has 1 amide bonds. The van der Waals surface area contributed by atoms with Crippen molar-refractivity contribution in [2.24, 2.45) is 5.73 Å². The Morgan fingerprint density at radius 3 is 2.37 bits per heavy atom. The van der Waals surface area contributed by atoms with Crippen molar-refractivity contribution in [2.45, 2.75) is 70.3 Å². The quantitative estimate of drug-likeness (QED) is 0.324. The first-order chi connectivity index (χ1) is 17.7. The number of alkyl halides is 2. The van der Waals surface area contributed by atoms with Gasteiger partial charge < -0.3 is 15.0 Å². The number of nitrogens with two attached hydrogens (primary N) is 1. The molecule has 1 aliphatic carbocycles. The van der Waals surface area contributed by atoms with Gasteiger partial charge in [-0.3, -0.25) is 9.52 Å². The van der Waals surface area contributed by atoms with Crippen molar-refractivity contribution in [1.82, 2.24) is 4.57 Å². The monoisotopic (exact) mass is 571 g/mol. The number of halogens is 4. The van der Waals surface area contributed by atoms with Gasteiger partial charge in [-0.15, -0.1) is 0 Å². The summed E-state index contributed by atoms with van der Waals surface area (Å²) >= 11 is 6.66. The Morgan fingerprint density at radius 1 is 1.16 bits per heavy atom. The number of fused-ring (bicyclic) bond motifs is 1. The summed E-state index contributed by atoms with van der Waals surface area (Å²) in [5.74, 6) is -2.57. The van der Waals surface area contributed by atoms with Crippen LogP contribution in [0.5, 0.6) is 5.75 Å². The van der Waals surface area contributed by atoms with Gasteiger partial charge >= 0.3 is 6.61 Å². The number of carbonyl (C=O) groups excluding carboxylic acids is 1. The van der Waals surface area contributed by atoms with Crippen LogP contribution >= 0.6 is 11.6 Å². The Kier molecular flexibility index (Phi) is 7.64. The number of sulfonamides is 1. The average Bonchev–Trinajstić information content (AvgIpc) is 3.12. The van der Waals surface area contributed by atoms with Gasteiger partial charge in [0, 0.05) is 23.1 Å². The number of primary amides is 1. The van der Waals surface area contributed by atoms with Crippen molar-refractivity contribution in [3.8, 4) is 17.0 Å². The maximum Gasteiger partial charge on any atom is 0.387 e. The highest BCUT2D eigenvalue weighted by atomic mass is 35.5. The lowest BCUT2D eigenvalue weighted by Crippen LogP contribution is -2.33. The molecule has 0 radical (unpaired) electrons. The average molecular weight is 572 g/mol. The van der Waals surface area contributed by atoms with E-state index in [4.69, 9.17) is 17.3 Å². The summed E-state index contributed by atoms with van der Waals surface area (Å²) in [6.07, 6.45) is 4.29. The highest BCUT2D eigenvalue weighted by molar-refractivity contribution is 7.94. The van der Waals surface area contributed by atoms with Crippen molar-refractivity contribution in [1.29, 1.82) is 0 Å². The first kappa shape index (κ1) is 28.1. The molecule has 3 aromatic rings. The van der Waals surface area contributed by atoms with Gasteiger partial charge in [-0.2, -0.15) is 8.78 Å². The number of anilines is 1.